The number of nitriles is 1. The number of nitrogens with zero attached hydrogens (tertiary/aromatic N) is 1. The molecule has 1 N–H and O–H groups in total. The van der Waals surface area contributed by atoms with Gasteiger partial charge in [0.25, 0.3) is 0 Å². The summed E-state index contributed by atoms with van der Waals surface area (Å²) in [6, 6.07) is 7.85. The predicted molar refractivity (Wildman–Crippen MR) is 92.0 cm³/mol. The van der Waals surface area contributed by atoms with Gasteiger partial charge in [-0.2, -0.15) is 5.26 Å². The molecular formula is C19H18N2O5. The summed E-state index contributed by atoms with van der Waals surface area (Å²) in [6.07, 6.45) is -1.06. The number of carbonyl (C=O) groups is 3. The number of aryl methyl sites for hydroxylation is 1. The van der Waals surface area contributed by atoms with Gasteiger partial charge in [-0.15, -0.1) is 0 Å². The fourth-order valence-electron chi connectivity index (χ4n) is 2.57. The molecule has 0 aliphatic carbocycles. The summed E-state index contributed by atoms with van der Waals surface area (Å²) in [5.41, 5.74) is 2.09. The number of benzene rings is 1. The van der Waals surface area contributed by atoms with Gasteiger partial charge in [0.05, 0.1) is 35.6 Å². The van der Waals surface area contributed by atoms with Crippen LogP contribution in [0.3, 0.4) is 0 Å². The van der Waals surface area contributed by atoms with E-state index in [1.807, 2.05) is 6.07 Å². The summed E-state index contributed by atoms with van der Waals surface area (Å²) in [6.45, 7) is 4.74. The summed E-state index contributed by atoms with van der Waals surface area (Å²) in [7, 11) is 1.26. The smallest absolute Gasteiger partial charge is 0.339 e. The average Bonchev–Trinajstić information content (AvgIpc) is 2.94. The summed E-state index contributed by atoms with van der Waals surface area (Å²) >= 11 is 0. The molecule has 1 heterocycles. The van der Waals surface area contributed by atoms with Crippen molar-refractivity contribution in [1.82, 2.24) is 4.98 Å². The van der Waals surface area contributed by atoms with Crippen molar-refractivity contribution in [2.24, 2.45) is 0 Å². The van der Waals surface area contributed by atoms with Crippen molar-refractivity contribution in [2.75, 3.05) is 7.11 Å². The largest absolute Gasteiger partial charge is 0.465 e. The fraction of sp³-hybridized carbons (Fsp3) is 0.263. The topological polar surface area (TPSA) is 109 Å². The Morgan fingerprint density at radius 2 is 1.73 bits per heavy atom. The number of aromatic nitrogens is 1. The lowest BCUT2D eigenvalue weighted by molar-refractivity contribution is 0.0316. The van der Waals surface area contributed by atoms with Crippen molar-refractivity contribution < 1.29 is 23.9 Å². The van der Waals surface area contributed by atoms with E-state index in [0.717, 1.165) is 0 Å². The van der Waals surface area contributed by atoms with Crippen LogP contribution in [0.5, 0.6) is 0 Å². The minimum Gasteiger partial charge on any atom is -0.465 e. The van der Waals surface area contributed by atoms with E-state index >= 15 is 0 Å². The molecule has 0 aliphatic heterocycles. The molecule has 0 fully saturated rings. The van der Waals surface area contributed by atoms with E-state index in [1.165, 1.54) is 38.3 Å². The third-order valence-electron chi connectivity index (χ3n) is 3.98. The maximum Gasteiger partial charge on any atom is 0.339 e. The van der Waals surface area contributed by atoms with Crippen LogP contribution in [0.2, 0.25) is 0 Å². The number of rotatable bonds is 5. The number of hydrogen-bond acceptors (Lipinski definition) is 6. The second-order valence-electron chi connectivity index (χ2n) is 5.72. The van der Waals surface area contributed by atoms with Crippen molar-refractivity contribution in [1.29, 1.82) is 5.26 Å². The highest BCUT2D eigenvalue weighted by Gasteiger charge is 2.27. The first kappa shape index (κ1) is 18.9. The molecular weight excluding hydrogens is 336 g/mol. The van der Waals surface area contributed by atoms with Gasteiger partial charge in [-0.3, -0.25) is 4.79 Å². The molecule has 0 aliphatic rings. The minimum atomic E-state index is -1.06. The number of nitrogens with one attached hydrogen (secondary N) is 1. The number of esters is 2. The lowest BCUT2D eigenvalue weighted by Crippen LogP contribution is -2.25. The number of Topliss-reactive ketones (excluding diaryl/α,β-unsaturated/α-hetero) is 1. The Kier molecular flexibility index (Phi) is 5.58. The van der Waals surface area contributed by atoms with Crippen LogP contribution in [0.15, 0.2) is 24.3 Å². The minimum absolute atomic E-state index is 0.197. The highest BCUT2D eigenvalue weighted by molar-refractivity contribution is 6.04. The zero-order chi connectivity index (χ0) is 19.4. The van der Waals surface area contributed by atoms with Gasteiger partial charge in [-0.25, -0.2) is 9.59 Å². The first-order valence-electron chi connectivity index (χ1n) is 7.83. The Hall–Kier alpha value is -3.40. The molecule has 0 amide bonds. The van der Waals surface area contributed by atoms with Gasteiger partial charge in [0.15, 0.2) is 6.10 Å². The zero-order valence-corrected chi connectivity index (χ0v) is 14.9. The van der Waals surface area contributed by atoms with Crippen LogP contribution in [0.1, 0.15) is 54.9 Å². The van der Waals surface area contributed by atoms with Gasteiger partial charge in [-0.1, -0.05) is 0 Å². The normalized spacial score (nSPS) is 11.3. The number of H-pyrrole nitrogens is 1. The van der Waals surface area contributed by atoms with Crippen LogP contribution < -0.4 is 0 Å². The molecule has 1 aromatic heterocycles. The standard InChI is InChI=1S/C19H18N2O5/c1-10-15(19(24)25-4)11(2)21-16(10)17(22)12(3)26-18(23)14-7-5-13(9-20)6-8-14/h5-8,12,21H,1-4H3/t12-/m1/s1. The number of carbonyl (C=O) groups excluding carboxylic acids is 3. The van der Waals surface area contributed by atoms with Crippen LogP contribution in [0.4, 0.5) is 0 Å². The predicted octanol–water partition coefficient (Wildman–Crippen LogP) is 2.72. The summed E-state index contributed by atoms with van der Waals surface area (Å²) in [5, 5.41) is 8.77. The van der Waals surface area contributed by atoms with Crippen molar-refractivity contribution >= 4 is 17.7 Å². The third kappa shape index (κ3) is 3.64. The fourth-order valence-corrected chi connectivity index (χ4v) is 2.57. The maximum absolute atomic E-state index is 12.6. The van der Waals surface area contributed by atoms with Crippen LogP contribution in [0, 0.1) is 25.2 Å². The Morgan fingerprint density at radius 1 is 1.12 bits per heavy atom. The molecule has 2 rings (SSSR count). The van der Waals surface area contributed by atoms with Gasteiger partial charge in [0, 0.05) is 5.69 Å². The number of aromatic amines is 1. The molecule has 0 radical (unpaired) electrons. The molecule has 0 saturated heterocycles. The lowest BCUT2D eigenvalue weighted by Gasteiger charge is -2.12. The van der Waals surface area contributed by atoms with E-state index in [9.17, 15) is 14.4 Å². The average molecular weight is 354 g/mol. The molecule has 7 heteroatoms. The monoisotopic (exact) mass is 354 g/mol. The van der Waals surface area contributed by atoms with E-state index < -0.39 is 23.8 Å². The third-order valence-corrected chi connectivity index (χ3v) is 3.98. The molecule has 1 atom stereocenters. The Labute approximate surface area is 150 Å². The second-order valence-corrected chi connectivity index (χ2v) is 5.72. The number of methoxy groups -OCH3 is 1. The summed E-state index contributed by atoms with van der Waals surface area (Å²) in [4.78, 5) is 39.4. The Balaban J connectivity index is 2.18. The van der Waals surface area contributed by atoms with Crippen LogP contribution >= 0.6 is 0 Å². The van der Waals surface area contributed by atoms with Gasteiger partial charge < -0.3 is 14.5 Å². The number of ether oxygens (including phenoxy) is 2. The van der Waals surface area contributed by atoms with Gasteiger partial charge in [0.2, 0.25) is 5.78 Å². The molecule has 0 unspecified atom stereocenters. The maximum atomic E-state index is 12.6. The number of hydrogen-bond donors (Lipinski definition) is 1. The highest BCUT2D eigenvalue weighted by atomic mass is 16.5. The molecule has 0 bridgehead atoms. The van der Waals surface area contributed by atoms with Gasteiger partial charge >= 0.3 is 11.9 Å². The Morgan fingerprint density at radius 3 is 2.27 bits per heavy atom. The zero-order valence-electron chi connectivity index (χ0n) is 14.9. The Bertz CT molecular complexity index is 903. The van der Waals surface area contributed by atoms with E-state index in [0.29, 0.717) is 22.4 Å². The number of ketones is 1. The molecule has 0 saturated carbocycles. The van der Waals surface area contributed by atoms with E-state index in [2.05, 4.69) is 4.98 Å². The van der Waals surface area contributed by atoms with Crippen molar-refractivity contribution in [3.05, 3.63) is 57.9 Å². The summed E-state index contributed by atoms with van der Waals surface area (Å²) < 4.78 is 9.92. The van der Waals surface area contributed by atoms with Crippen LogP contribution in [0.25, 0.3) is 0 Å². The molecule has 1 aromatic carbocycles. The van der Waals surface area contributed by atoms with E-state index in [-0.39, 0.29) is 11.3 Å². The van der Waals surface area contributed by atoms with Crippen LogP contribution in [-0.2, 0) is 9.47 Å². The molecule has 26 heavy (non-hydrogen) atoms. The summed E-state index contributed by atoms with van der Waals surface area (Å²) in [5.74, 6) is -1.68. The first-order chi connectivity index (χ1) is 12.3. The van der Waals surface area contributed by atoms with E-state index in [4.69, 9.17) is 14.7 Å². The van der Waals surface area contributed by atoms with Gasteiger partial charge in [0.1, 0.15) is 0 Å². The van der Waals surface area contributed by atoms with Crippen LogP contribution in [-0.4, -0.2) is 35.9 Å². The second kappa shape index (κ2) is 7.66. The molecule has 134 valence electrons. The van der Waals surface area contributed by atoms with Crippen molar-refractivity contribution in [3.63, 3.8) is 0 Å². The van der Waals surface area contributed by atoms with Crippen molar-refractivity contribution in [2.45, 2.75) is 26.9 Å². The molecule has 2 aromatic rings. The quantitative estimate of drug-likeness (QED) is 0.653. The van der Waals surface area contributed by atoms with E-state index in [1.54, 1.807) is 13.8 Å². The first-order valence-corrected chi connectivity index (χ1v) is 7.83. The SMILES string of the molecule is COC(=O)c1c(C)[nH]c(C(=O)[C@@H](C)OC(=O)c2ccc(C#N)cc2)c1C. The highest BCUT2D eigenvalue weighted by Crippen LogP contribution is 2.21. The van der Waals surface area contributed by atoms with Crippen molar-refractivity contribution in [3.8, 4) is 6.07 Å². The molecule has 0 spiro atoms. The lowest BCUT2D eigenvalue weighted by atomic mass is 10.1. The molecule has 7 nitrogen and oxygen atoms in total. The van der Waals surface area contributed by atoms with Gasteiger partial charge in [-0.05, 0) is 50.6 Å².